The van der Waals surface area contributed by atoms with E-state index in [4.69, 9.17) is 14.3 Å². The molecule has 0 bridgehead atoms. The highest BCUT2D eigenvalue weighted by Crippen LogP contribution is 2.77. The van der Waals surface area contributed by atoms with E-state index in [-0.39, 0.29) is 46.1 Å². The molecule has 6 rings (SSSR count). The second-order valence-corrected chi connectivity index (χ2v) is 18.5. The predicted molar refractivity (Wildman–Crippen MR) is 184 cm³/mol. The Kier molecular flexibility index (Phi) is 9.96. The molecule has 0 radical (unpaired) electrons. The monoisotopic (exact) mass is 705 g/mol. The fourth-order valence-corrected chi connectivity index (χ4v) is 13.6. The van der Waals surface area contributed by atoms with Gasteiger partial charge in [-0.25, -0.2) is 0 Å². The van der Waals surface area contributed by atoms with Crippen LogP contribution in [0.1, 0.15) is 106 Å². The number of carbonyl (C=O) groups excluding carboxylic acids is 1. The number of fused-ring (bicyclic) bond motifs is 7. The maximum atomic E-state index is 13.5. The number of aliphatic hydroxyl groups excluding tert-OH is 4. The number of hydrogen-bond acceptors (Lipinski definition) is 10. The van der Waals surface area contributed by atoms with Crippen LogP contribution >= 0.6 is 0 Å². The van der Waals surface area contributed by atoms with Crippen LogP contribution in [0.3, 0.4) is 0 Å². The Labute approximate surface area is 297 Å². The van der Waals surface area contributed by atoms with Gasteiger partial charge in [-0.2, -0.15) is 0 Å². The zero-order chi connectivity index (χ0) is 36.8. The number of carboxylic acids is 1. The van der Waals surface area contributed by atoms with Crippen LogP contribution in [0.15, 0.2) is 12.2 Å². The van der Waals surface area contributed by atoms with E-state index in [0.29, 0.717) is 24.2 Å². The van der Waals surface area contributed by atoms with E-state index < -0.39 is 54.6 Å². The van der Waals surface area contributed by atoms with Gasteiger partial charge in [-0.05, 0) is 117 Å². The number of ether oxygens (including phenoxy) is 2. The zero-order valence-corrected chi connectivity index (χ0v) is 31.3. The van der Waals surface area contributed by atoms with Crippen LogP contribution in [0, 0.1) is 56.7 Å². The average Bonchev–Trinajstić information content (AvgIpc) is 3.46. The molecule has 0 aromatic heterocycles. The van der Waals surface area contributed by atoms with Crippen molar-refractivity contribution < 1.29 is 49.4 Å². The van der Waals surface area contributed by atoms with Gasteiger partial charge in [0.05, 0.1) is 19.1 Å². The third-order valence-electron chi connectivity index (χ3n) is 16.4. The van der Waals surface area contributed by atoms with Crippen molar-refractivity contribution in [3.05, 3.63) is 12.2 Å². The molecular weight excluding hydrogens is 642 g/mol. The quantitative estimate of drug-likeness (QED) is 0.139. The van der Waals surface area contributed by atoms with Gasteiger partial charge in [-0.15, -0.1) is 5.06 Å². The molecule has 1 saturated heterocycles. The van der Waals surface area contributed by atoms with Gasteiger partial charge in [-0.3, -0.25) is 14.4 Å². The third-order valence-corrected chi connectivity index (χ3v) is 16.4. The molecule has 50 heavy (non-hydrogen) atoms. The summed E-state index contributed by atoms with van der Waals surface area (Å²) in [5, 5.41) is 52.4. The van der Waals surface area contributed by atoms with Gasteiger partial charge in [0, 0.05) is 5.41 Å². The summed E-state index contributed by atoms with van der Waals surface area (Å²) in [6.45, 7) is 17.5. The van der Waals surface area contributed by atoms with E-state index in [1.54, 1.807) is 0 Å². The van der Waals surface area contributed by atoms with Crippen LogP contribution < -0.4 is 0 Å². The van der Waals surface area contributed by atoms with E-state index in [9.17, 15) is 35.1 Å². The lowest BCUT2D eigenvalue weighted by Gasteiger charge is -2.72. The standard InChI is InChI=1S/C39H63NO10/c1-21(2)22-11-16-39(34(46)47)18-17-37(6)23(29(22)39)9-10-26-36(5)14-13-27(35(3,4)25(36)12-15-38(26,37)7)50-28(42)19-40(48-8)33-32(45)31(44)30(43)24(20-41)49-33/h22-27,29-33,41,43-45H,1,9-20H2,2-8H3,(H,46,47)/t22?,23-,24?,25?,26?,27+,29?,30-,31+,32?,33-,36+,37-,38-,39+/m1/s1. The van der Waals surface area contributed by atoms with Crippen molar-refractivity contribution in [2.75, 3.05) is 20.3 Å². The van der Waals surface area contributed by atoms with Gasteiger partial charge in [0.1, 0.15) is 37.1 Å². The average molecular weight is 706 g/mol. The highest BCUT2D eigenvalue weighted by molar-refractivity contribution is 5.76. The van der Waals surface area contributed by atoms with Crippen LogP contribution in [0.5, 0.6) is 0 Å². The molecule has 0 aromatic carbocycles. The number of carbonyl (C=O) groups is 2. The first-order chi connectivity index (χ1) is 23.3. The number of esters is 1. The topological polar surface area (TPSA) is 166 Å². The summed E-state index contributed by atoms with van der Waals surface area (Å²) in [6, 6.07) is 0. The van der Waals surface area contributed by atoms with Gasteiger partial charge >= 0.3 is 11.9 Å². The first kappa shape index (κ1) is 38.1. The Morgan fingerprint density at radius 1 is 0.860 bits per heavy atom. The summed E-state index contributed by atoms with van der Waals surface area (Å²) in [6.07, 6.45) is 1.79. The van der Waals surface area contributed by atoms with Crippen LogP contribution in [0.25, 0.3) is 0 Å². The number of aliphatic carboxylic acids is 1. The van der Waals surface area contributed by atoms with Gasteiger partial charge in [0.25, 0.3) is 0 Å². The van der Waals surface area contributed by atoms with Crippen molar-refractivity contribution in [2.45, 2.75) is 142 Å². The van der Waals surface area contributed by atoms with E-state index in [1.807, 2.05) is 0 Å². The second kappa shape index (κ2) is 13.1. The largest absolute Gasteiger partial charge is 0.481 e. The van der Waals surface area contributed by atoms with E-state index in [1.165, 1.54) is 7.11 Å². The van der Waals surface area contributed by atoms with Crippen LogP contribution in [-0.2, 0) is 23.9 Å². The molecule has 6 aliphatic rings. The first-order valence-corrected chi connectivity index (χ1v) is 19.0. The minimum Gasteiger partial charge on any atom is -0.481 e. The molecule has 11 heteroatoms. The fourth-order valence-electron chi connectivity index (χ4n) is 13.6. The summed E-state index contributed by atoms with van der Waals surface area (Å²) in [4.78, 5) is 31.8. The molecule has 15 atom stereocenters. The number of allylic oxidation sites excluding steroid dienone is 1. The van der Waals surface area contributed by atoms with Crippen LogP contribution in [0.2, 0.25) is 0 Å². The maximum Gasteiger partial charge on any atom is 0.323 e. The Balaban J connectivity index is 1.19. The van der Waals surface area contributed by atoms with Crippen molar-refractivity contribution >= 4 is 11.9 Å². The summed E-state index contributed by atoms with van der Waals surface area (Å²) in [5.74, 6) is 0.404. The zero-order valence-electron chi connectivity index (χ0n) is 31.3. The lowest BCUT2D eigenvalue weighted by atomic mass is 9.32. The fraction of sp³-hybridized carbons (Fsp3) is 0.897. The van der Waals surface area contributed by atoms with Crippen LogP contribution in [0.4, 0.5) is 0 Å². The smallest absolute Gasteiger partial charge is 0.323 e. The molecule has 6 fully saturated rings. The van der Waals surface area contributed by atoms with Crippen molar-refractivity contribution in [1.82, 2.24) is 5.06 Å². The van der Waals surface area contributed by atoms with Crippen molar-refractivity contribution in [1.29, 1.82) is 0 Å². The Morgan fingerprint density at radius 2 is 1.56 bits per heavy atom. The SMILES string of the molecule is C=C(C)C1CC[C@]2(C(=O)O)CC[C@]3(C)[C@H](CCC4[C@@]5(C)CC[C@H](OC(=O)CN(OC)[C@@H]6OC(CO)[C@@H](O)[C@H](O)C6O)C(C)(C)C5CC[C@]43C)C12. The second-order valence-electron chi connectivity index (χ2n) is 18.5. The molecule has 0 amide bonds. The summed E-state index contributed by atoms with van der Waals surface area (Å²) < 4.78 is 11.8. The number of rotatable bonds is 8. The highest BCUT2D eigenvalue weighted by Gasteiger charge is 2.72. The molecule has 5 aliphatic carbocycles. The third kappa shape index (κ3) is 5.37. The highest BCUT2D eigenvalue weighted by atomic mass is 16.7. The molecule has 284 valence electrons. The maximum absolute atomic E-state index is 13.5. The molecule has 5 N–H and O–H groups in total. The van der Waals surface area contributed by atoms with Gasteiger partial charge in [0.2, 0.25) is 0 Å². The Hall–Kier alpha value is -1.60. The van der Waals surface area contributed by atoms with E-state index in [2.05, 4.69) is 48.1 Å². The first-order valence-electron chi connectivity index (χ1n) is 19.0. The van der Waals surface area contributed by atoms with Crippen molar-refractivity contribution in [3.63, 3.8) is 0 Å². The lowest BCUT2D eigenvalue weighted by molar-refractivity contribution is -0.327. The lowest BCUT2D eigenvalue weighted by Crippen LogP contribution is -2.67. The molecule has 1 aliphatic heterocycles. The molecule has 1 heterocycles. The minimum absolute atomic E-state index is 0.0348. The normalized spacial score (nSPS) is 49.6. The summed E-state index contributed by atoms with van der Waals surface area (Å²) in [7, 11) is 1.32. The van der Waals surface area contributed by atoms with Gasteiger partial charge in [0.15, 0.2) is 6.23 Å². The van der Waals surface area contributed by atoms with Crippen molar-refractivity contribution in [2.24, 2.45) is 56.7 Å². The molecule has 5 saturated carbocycles. The predicted octanol–water partition coefficient (Wildman–Crippen LogP) is 4.30. The number of hydroxylamine groups is 2. The Morgan fingerprint density at radius 3 is 2.18 bits per heavy atom. The molecule has 0 spiro atoms. The number of hydrogen-bond donors (Lipinski definition) is 5. The number of nitrogens with zero attached hydrogens (tertiary/aromatic N) is 1. The van der Waals surface area contributed by atoms with Crippen LogP contribution in [-0.4, -0.2) is 99.5 Å². The summed E-state index contributed by atoms with van der Waals surface area (Å²) in [5.41, 5.74) is 0.327. The van der Waals surface area contributed by atoms with Gasteiger partial charge in [-0.1, -0.05) is 46.8 Å². The van der Waals surface area contributed by atoms with Gasteiger partial charge < -0.3 is 35.0 Å². The minimum atomic E-state index is -1.59. The number of carboxylic acid groups (broad SMARTS) is 1. The van der Waals surface area contributed by atoms with E-state index >= 15 is 0 Å². The molecular formula is C39H63NO10. The van der Waals surface area contributed by atoms with Crippen molar-refractivity contribution in [3.8, 4) is 0 Å². The summed E-state index contributed by atoms with van der Waals surface area (Å²) >= 11 is 0. The molecule has 6 unspecified atom stereocenters. The van der Waals surface area contributed by atoms with E-state index in [0.717, 1.165) is 68.4 Å². The Bertz CT molecular complexity index is 1340. The molecule has 0 aromatic rings. The number of aliphatic hydroxyl groups is 4. The molecule has 11 nitrogen and oxygen atoms in total.